The van der Waals surface area contributed by atoms with E-state index in [1.807, 2.05) is 38.1 Å². The minimum atomic E-state index is -0.171. The molecular formula is C19H28N2O4. The van der Waals surface area contributed by atoms with E-state index < -0.39 is 0 Å². The highest BCUT2D eigenvalue weighted by molar-refractivity contribution is 5.82. The summed E-state index contributed by atoms with van der Waals surface area (Å²) < 4.78 is 10.6. The first-order valence-electron chi connectivity index (χ1n) is 8.77. The standard InChI is InChI=1S/C19H28N2O4/c1-14-6-4-5-7-17(14)25-13-18(22)21-12-16(9-8-15(21)2)19(23)20-10-11-24-3/h4-7,15-16H,8-13H2,1-3H3,(H,20,23). The third-order valence-electron chi connectivity index (χ3n) is 4.62. The third-order valence-corrected chi connectivity index (χ3v) is 4.62. The Morgan fingerprint density at radius 3 is 2.76 bits per heavy atom. The molecule has 1 saturated heterocycles. The van der Waals surface area contributed by atoms with Gasteiger partial charge in [-0.15, -0.1) is 0 Å². The summed E-state index contributed by atoms with van der Waals surface area (Å²) in [5.74, 6) is 0.455. The molecule has 6 heteroatoms. The quantitative estimate of drug-likeness (QED) is 0.763. The van der Waals surface area contributed by atoms with Crippen LogP contribution >= 0.6 is 0 Å². The Kier molecular flexibility index (Phi) is 7.25. The largest absolute Gasteiger partial charge is 0.484 e. The van der Waals surface area contributed by atoms with Crippen LogP contribution in [-0.2, 0) is 14.3 Å². The van der Waals surface area contributed by atoms with Crippen molar-refractivity contribution < 1.29 is 19.1 Å². The summed E-state index contributed by atoms with van der Waals surface area (Å²) in [6, 6.07) is 7.74. The Hall–Kier alpha value is -2.08. The SMILES string of the molecule is COCCNC(=O)C1CCC(C)N(C(=O)COc2ccccc2C)C1. The number of carbonyl (C=O) groups is 2. The summed E-state index contributed by atoms with van der Waals surface area (Å²) in [7, 11) is 1.60. The molecule has 1 aliphatic rings. The van der Waals surface area contributed by atoms with Crippen molar-refractivity contribution in [1.82, 2.24) is 10.2 Å². The second kappa shape index (κ2) is 9.42. The van der Waals surface area contributed by atoms with Gasteiger partial charge >= 0.3 is 0 Å². The molecule has 1 fully saturated rings. The molecule has 1 N–H and O–H groups in total. The summed E-state index contributed by atoms with van der Waals surface area (Å²) in [4.78, 5) is 26.6. The molecule has 6 nitrogen and oxygen atoms in total. The number of ether oxygens (including phenoxy) is 2. The Balaban J connectivity index is 1.89. The van der Waals surface area contributed by atoms with Crippen molar-refractivity contribution in [2.24, 2.45) is 5.92 Å². The van der Waals surface area contributed by atoms with E-state index in [0.29, 0.717) is 19.7 Å². The van der Waals surface area contributed by atoms with Crippen LogP contribution in [0.3, 0.4) is 0 Å². The Labute approximate surface area is 149 Å². The molecule has 0 saturated carbocycles. The number of benzene rings is 1. The summed E-state index contributed by atoms with van der Waals surface area (Å²) in [5, 5.41) is 2.86. The normalized spacial score (nSPS) is 20.2. The first kappa shape index (κ1) is 19.2. The number of carbonyl (C=O) groups excluding carboxylic acids is 2. The van der Waals surface area contributed by atoms with E-state index in [4.69, 9.17) is 9.47 Å². The van der Waals surface area contributed by atoms with Gasteiger partial charge in [-0.25, -0.2) is 0 Å². The van der Waals surface area contributed by atoms with Crippen LogP contribution < -0.4 is 10.1 Å². The second-order valence-corrected chi connectivity index (χ2v) is 6.51. The van der Waals surface area contributed by atoms with E-state index in [0.717, 1.165) is 24.2 Å². The number of hydrogen-bond acceptors (Lipinski definition) is 4. The summed E-state index contributed by atoms with van der Waals surface area (Å²) in [6.07, 6.45) is 1.61. The zero-order valence-electron chi connectivity index (χ0n) is 15.3. The molecule has 1 aliphatic heterocycles. The van der Waals surface area contributed by atoms with Crippen LogP contribution in [0.15, 0.2) is 24.3 Å². The molecule has 1 aromatic rings. The van der Waals surface area contributed by atoms with Crippen molar-refractivity contribution in [2.45, 2.75) is 32.7 Å². The molecule has 0 radical (unpaired) electrons. The number of methoxy groups -OCH3 is 1. The predicted molar refractivity (Wildman–Crippen MR) is 95.5 cm³/mol. The van der Waals surface area contributed by atoms with Crippen molar-refractivity contribution in [2.75, 3.05) is 33.4 Å². The van der Waals surface area contributed by atoms with Gasteiger partial charge in [0.25, 0.3) is 5.91 Å². The molecular weight excluding hydrogens is 320 g/mol. The van der Waals surface area contributed by atoms with Gasteiger partial charge in [-0.1, -0.05) is 18.2 Å². The number of rotatable bonds is 7. The fourth-order valence-electron chi connectivity index (χ4n) is 3.03. The zero-order chi connectivity index (χ0) is 18.2. The fraction of sp³-hybridized carbons (Fsp3) is 0.579. The van der Waals surface area contributed by atoms with Gasteiger partial charge < -0.3 is 19.7 Å². The molecule has 2 unspecified atom stereocenters. The molecule has 0 aliphatic carbocycles. The van der Waals surface area contributed by atoms with Crippen LogP contribution in [0.2, 0.25) is 0 Å². The number of nitrogens with one attached hydrogen (secondary N) is 1. The predicted octanol–water partition coefficient (Wildman–Crippen LogP) is 1.76. The Morgan fingerprint density at radius 1 is 1.28 bits per heavy atom. The first-order chi connectivity index (χ1) is 12.0. The minimum Gasteiger partial charge on any atom is -0.484 e. The highest BCUT2D eigenvalue weighted by Crippen LogP contribution is 2.23. The van der Waals surface area contributed by atoms with Gasteiger partial charge in [0.2, 0.25) is 5.91 Å². The van der Waals surface area contributed by atoms with Crippen molar-refractivity contribution in [1.29, 1.82) is 0 Å². The molecule has 2 rings (SSSR count). The zero-order valence-corrected chi connectivity index (χ0v) is 15.3. The van der Waals surface area contributed by atoms with Crippen LogP contribution in [-0.4, -0.2) is 56.2 Å². The van der Waals surface area contributed by atoms with Crippen molar-refractivity contribution in [3.8, 4) is 5.75 Å². The molecule has 0 bridgehead atoms. The third kappa shape index (κ3) is 5.46. The van der Waals surface area contributed by atoms with Crippen LogP contribution in [0.5, 0.6) is 5.75 Å². The van der Waals surface area contributed by atoms with Crippen molar-refractivity contribution in [3.05, 3.63) is 29.8 Å². The molecule has 0 spiro atoms. The molecule has 2 amide bonds. The molecule has 25 heavy (non-hydrogen) atoms. The fourth-order valence-corrected chi connectivity index (χ4v) is 3.03. The first-order valence-corrected chi connectivity index (χ1v) is 8.77. The van der Waals surface area contributed by atoms with Gasteiger partial charge in [0.15, 0.2) is 6.61 Å². The maximum Gasteiger partial charge on any atom is 0.260 e. The summed E-state index contributed by atoms with van der Waals surface area (Å²) >= 11 is 0. The lowest BCUT2D eigenvalue weighted by Crippen LogP contribution is -2.51. The van der Waals surface area contributed by atoms with Crippen LogP contribution in [0, 0.1) is 12.8 Å². The van der Waals surface area contributed by atoms with E-state index in [-0.39, 0.29) is 30.4 Å². The molecule has 0 aromatic heterocycles. The maximum atomic E-state index is 12.6. The topological polar surface area (TPSA) is 67.9 Å². The number of amides is 2. The average molecular weight is 348 g/mol. The van der Waals surface area contributed by atoms with E-state index in [9.17, 15) is 9.59 Å². The second-order valence-electron chi connectivity index (χ2n) is 6.51. The number of piperidine rings is 1. The van der Waals surface area contributed by atoms with E-state index >= 15 is 0 Å². The molecule has 1 aromatic carbocycles. The highest BCUT2D eigenvalue weighted by Gasteiger charge is 2.32. The smallest absolute Gasteiger partial charge is 0.260 e. The Bertz CT molecular complexity index is 591. The lowest BCUT2D eigenvalue weighted by molar-refractivity contribution is -0.140. The number of nitrogens with zero attached hydrogens (tertiary/aromatic N) is 1. The van der Waals surface area contributed by atoms with Gasteiger partial charge in [-0.3, -0.25) is 9.59 Å². The van der Waals surface area contributed by atoms with E-state index in [1.54, 1.807) is 12.0 Å². The summed E-state index contributed by atoms with van der Waals surface area (Å²) in [6.45, 7) is 5.38. The van der Waals surface area contributed by atoms with Crippen LogP contribution in [0.25, 0.3) is 0 Å². The lowest BCUT2D eigenvalue weighted by Gasteiger charge is -2.37. The average Bonchev–Trinajstić information content (AvgIpc) is 2.61. The van der Waals surface area contributed by atoms with E-state index in [2.05, 4.69) is 5.32 Å². The minimum absolute atomic E-state index is 0.00674. The van der Waals surface area contributed by atoms with Gasteiger partial charge in [-0.05, 0) is 38.3 Å². The summed E-state index contributed by atoms with van der Waals surface area (Å²) in [5.41, 5.74) is 0.998. The maximum absolute atomic E-state index is 12.6. The number of likely N-dealkylation sites (tertiary alicyclic amines) is 1. The van der Waals surface area contributed by atoms with Gasteiger partial charge in [0.1, 0.15) is 5.75 Å². The van der Waals surface area contributed by atoms with Crippen molar-refractivity contribution in [3.63, 3.8) is 0 Å². The molecule has 2 atom stereocenters. The van der Waals surface area contributed by atoms with Gasteiger partial charge in [0, 0.05) is 26.2 Å². The molecule has 1 heterocycles. The van der Waals surface area contributed by atoms with Crippen molar-refractivity contribution >= 4 is 11.8 Å². The van der Waals surface area contributed by atoms with Gasteiger partial charge in [-0.2, -0.15) is 0 Å². The van der Waals surface area contributed by atoms with Gasteiger partial charge in [0.05, 0.1) is 12.5 Å². The lowest BCUT2D eigenvalue weighted by atomic mass is 9.92. The number of aryl methyl sites for hydroxylation is 1. The van der Waals surface area contributed by atoms with Crippen LogP contribution in [0.4, 0.5) is 0 Å². The molecule has 138 valence electrons. The van der Waals surface area contributed by atoms with Crippen LogP contribution in [0.1, 0.15) is 25.3 Å². The number of hydrogen-bond donors (Lipinski definition) is 1. The Morgan fingerprint density at radius 2 is 2.04 bits per heavy atom. The highest BCUT2D eigenvalue weighted by atomic mass is 16.5. The monoisotopic (exact) mass is 348 g/mol. The number of para-hydroxylation sites is 1. The van der Waals surface area contributed by atoms with E-state index in [1.165, 1.54) is 0 Å².